The van der Waals surface area contributed by atoms with Gasteiger partial charge >= 0.3 is 18.6 Å². The van der Waals surface area contributed by atoms with Gasteiger partial charge in [-0.25, -0.2) is 0 Å². The van der Waals surface area contributed by atoms with Crippen molar-refractivity contribution in [2.24, 2.45) is 0 Å². The minimum absolute atomic E-state index is 0.558. The van der Waals surface area contributed by atoms with E-state index in [1.165, 1.54) is 38.5 Å². The molecule has 0 aliphatic heterocycles. The quantitative estimate of drug-likeness (QED) is 0.213. The molecule has 0 fully saturated rings. The first-order valence-corrected chi connectivity index (χ1v) is 14.3. The molecule has 0 amide bonds. The molecule has 0 aromatic heterocycles. The van der Waals surface area contributed by atoms with Crippen molar-refractivity contribution in [2.75, 3.05) is 54.6 Å². The molecule has 0 aromatic rings. The van der Waals surface area contributed by atoms with E-state index in [0.29, 0.717) is 11.1 Å². The Kier molecular flexibility index (Phi) is 20.6. The predicted octanol–water partition coefficient (Wildman–Crippen LogP) is 3.09. The molecule has 2 N–H and O–H groups in total. The zero-order valence-corrected chi connectivity index (χ0v) is 21.7. The fraction of sp³-hybridized carbons (Fsp3) is 1.00. The summed E-state index contributed by atoms with van der Waals surface area (Å²) in [5.41, 5.74) is 1.12. The average Bonchev–Trinajstić information content (AvgIpc) is 2.70. The minimum Gasteiger partial charge on any atom is -0.400 e. The molecule has 0 spiro atoms. The van der Waals surface area contributed by atoms with Crippen molar-refractivity contribution in [3.05, 3.63) is 0 Å². The van der Waals surface area contributed by atoms with Crippen LogP contribution in [0.3, 0.4) is 0 Å². The van der Waals surface area contributed by atoms with Gasteiger partial charge in [0.25, 0.3) is 0 Å². The molecule has 0 bridgehead atoms. The molecule has 6 nitrogen and oxygen atoms in total. The third kappa shape index (κ3) is 15.1. The summed E-state index contributed by atoms with van der Waals surface area (Å²) in [7, 11) is 4.18. The topological polar surface area (TPSA) is 61.0 Å². The van der Waals surface area contributed by atoms with Crippen molar-refractivity contribution in [3.8, 4) is 0 Å². The second kappa shape index (κ2) is 20.5. The van der Waals surface area contributed by atoms with Crippen molar-refractivity contribution in [3.63, 3.8) is 0 Å². The highest BCUT2D eigenvalue weighted by Gasteiger charge is 2.19. The monoisotopic (exact) mass is 436 g/mol. The van der Waals surface area contributed by atoms with Crippen molar-refractivity contribution in [1.29, 1.82) is 0 Å². The first-order valence-electron chi connectivity index (χ1n) is 11.1. The molecule has 28 heavy (non-hydrogen) atoms. The van der Waals surface area contributed by atoms with Gasteiger partial charge in [0.15, 0.2) is 0 Å². The highest BCUT2D eigenvalue weighted by Crippen LogP contribution is 2.15. The number of unbranched alkanes of at least 4 members (excludes halogenated alkanes) is 5. The van der Waals surface area contributed by atoms with Crippen LogP contribution < -0.4 is 10.6 Å². The van der Waals surface area contributed by atoms with Crippen molar-refractivity contribution in [2.45, 2.75) is 76.3 Å². The zero-order chi connectivity index (χ0) is 21.0. The first kappa shape index (κ1) is 28.2. The molecule has 0 heterocycles. The fourth-order valence-corrected chi connectivity index (χ4v) is 6.63. The van der Waals surface area contributed by atoms with Crippen molar-refractivity contribution >= 4 is 18.6 Å². The number of rotatable bonds is 21. The van der Waals surface area contributed by atoms with Crippen LogP contribution in [0.1, 0.15) is 65.2 Å². The molecule has 0 aromatic carbocycles. The molecule has 0 aliphatic rings. The Hall–Kier alpha value is 0.194. The van der Waals surface area contributed by atoms with E-state index in [1.807, 2.05) is 0 Å². The van der Waals surface area contributed by atoms with E-state index in [1.54, 1.807) is 28.4 Å². The van der Waals surface area contributed by atoms with Gasteiger partial charge in [0, 0.05) is 28.4 Å². The number of nitrogens with one attached hydrogen (secondary N) is 2. The van der Waals surface area contributed by atoms with E-state index < -0.39 is 18.6 Å². The van der Waals surface area contributed by atoms with Gasteiger partial charge in [0.05, 0.1) is 0 Å². The molecular formula is C20H48N2O4Si2. The van der Waals surface area contributed by atoms with Crippen LogP contribution in [0.5, 0.6) is 0 Å². The Bertz CT molecular complexity index is 293. The lowest BCUT2D eigenvalue weighted by Crippen LogP contribution is -2.27. The summed E-state index contributed by atoms with van der Waals surface area (Å²) in [4.78, 5) is 0. The van der Waals surface area contributed by atoms with Crippen LogP contribution in [-0.4, -0.2) is 73.2 Å². The maximum atomic E-state index is 5.43. The largest absolute Gasteiger partial charge is 0.400 e. The molecule has 0 saturated carbocycles. The van der Waals surface area contributed by atoms with Crippen molar-refractivity contribution < 1.29 is 17.7 Å². The average molecular weight is 437 g/mol. The Morgan fingerprint density at radius 3 is 1.18 bits per heavy atom. The summed E-state index contributed by atoms with van der Waals surface area (Å²) in [6.45, 7) is 8.87. The number of hydrogen-bond donors (Lipinski definition) is 2. The van der Waals surface area contributed by atoms with Crippen LogP contribution in [0.15, 0.2) is 0 Å². The van der Waals surface area contributed by atoms with Gasteiger partial charge in [0.2, 0.25) is 0 Å². The lowest BCUT2D eigenvalue weighted by Gasteiger charge is -2.18. The summed E-state index contributed by atoms with van der Waals surface area (Å²) >= 11 is 0. The Morgan fingerprint density at radius 2 is 0.857 bits per heavy atom. The summed E-state index contributed by atoms with van der Waals surface area (Å²) < 4.78 is 21.7. The van der Waals surface area contributed by atoms with Gasteiger partial charge < -0.3 is 28.3 Å². The fourth-order valence-electron chi connectivity index (χ4n) is 3.51. The van der Waals surface area contributed by atoms with Gasteiger partial charge in [0.1, 0.15) is 0 Å². The van der Waals surface area contributed by atoms with Crippen LogP contribution in [0.2, 0.25) is 11.1 Å². The lowest BCUT2D eigenvalue weighted by atomic mass is 10.1. The van der Waals surface area contributed by atoms with Crippen LogP contribution in [0.25, 0.3) is 0 Å². The molecule has 170 valence electrons. The van der Waals surface area contributed by atoms with E-state index in [9.17, 15) is 0 Å². The van der Waals surface area contributed by atoms with Crippen LogP contribution in [0.4, 0.5) is 0 Å². The molecule has 0 rings (SSSR count). The molecular weight excluding hydrogens is 388 g/mol. The second-order valence-corrected chi connectivity index (χ2v) is 13.5. The first-order chi connectivity index (χ1) is 13.6. The normalized spacial score (nSPS) is 14.1. The molecule has 8 heteroatoms. The van der Waals surface area contributed by atoms with Gasteiger partial charge in [-0.1, -0.05) is 39.5 Å². The smallest absolute Gasteiger partial charge is 0.323 e. The standard InChI is InChI=1S/C20H48N2O4Si2/c1-19(27(23-3)24-4)13-17-21-15-11-9-7-8-10-12-16-22-18-14-20(2)28(25-5)26-6/h19-22,27-28H,7-18H2,1-6H3. The van der Waals surface area contributed by atoms with Gasteiger partial charge in [-0.15, -0.1) is 0 Å². The lowest BCUT2D eigenvalue weighted by molar-refractivity contribution is 0.264. The molecule has 2 atom stereocenters. The molecule has 0 aliphatic carbocycles. The van der Waals surface area contributed by atoms with Crippen LogP contribution in [0, 0.1) is 0 Å². The zero-order valence-electron chi connectivity index (χ0n) is 19.4. The van der Waals surface area contributed by atoms with E-state index in [4.69, 9.17) is 17.7 Å². The third-order valence-electron chi connectivity index (χ3n) is 5.37. The SMILES string of the molecule is CO[SiH](OC)C(C)CCNCCCCCCCCNCCC(C)[SiH](OC)OC. The number of hydrogen-bond acceptors (Lipinski definition) is 6. The van der Waals surface area contributed by atoms with Gasteiger partial charge in [-0.05, 0) is 62.9 Å². The summed E-state index contributed by atoms with van der Waals surface area (Å²) in [6, 6.07) is 0. The predicted molar refractivity (Wildman–Crippen MR) is 124 cm³/mol. The Balaban J connectivity index is 3.30. The third-order valence-corrected chi connectivity index (χ3v) is 9.75. The van der Waals surface area contributed by atoms with E-state index in [2.05, 4.69) is 24.5 Å². The van der Waals surface area contributed by atoms with Crippen molar-refractivity contribution in [1.82, 2.24) is 10.6 Å². The molecule has 0 saturated heterocycles. The Morgan fingerprint density at radius 1 is 0.536 bits per heavy atom. The summed E-state index contributed by atoms with van der Waals surface area (Å²) in [5, 5.41) is 7.11. The van der Waals surface area contributed by atoms with Crippen LogP contribution in [-0.2, 0) is 17.7 Å². The summed E-state index contributed by atoms with van der Waals surface area (Å²) in [6.07, 6.45) is 10.2. The van der Waals surface area contributed by atoms with E-state index in [0.717, 1.165) is 39.0 Å². The van der Waals surface area contributed by atoms with E-state index >= 15 is 0 Å². The maximum Gasteiger partial charge on any atom is 0.323 e. The molecule has 2 unspecified atom stereocenters. The maximum absolute atomic E-state index is 5.43. The second-order valence-electron chi connectivity index (χ2n) is 7.83. The Labute approximate surface area is 178 Å². The van der Waals surface area contributed by atoms with Crippen LogP contribution >= 0.6 is 0 Å². The van der Waals surface area contributed by atoms with Gasteiger partial charge in [-0.3, -0.25) is 0 Å². The highest BCUT2D eigenvalue weighted by atomic mass is 28.3. The molecule has 0 radical (unpaired) electrons. The van der Waals surface area contributed by atoms with E-state index in [-0.39, 0.29) is 0 Å². The van der Waals surface area contributed by atoms with Gasteiger partial charge in [-0.2, -0.15) is 0 Å². The summed E-state index contributed by atoms with van der Waals surface area (Å²) in [5.74, 6) is 0. The minimum atomic E-state index is -1.44. The highest BCUT2D eigenvalue weighted by molar-refractivity contribution is 6.46.